The lowest BCUT2D eigenvalue weighted by atomic mass is 10.0. The van der Waals surface area contributed by atoms with E-state index in [4.69, 9.17) is 0 Å². The summed E-state index contributed by atoms with van der Waals surface area (Å²) in [5.74, 6) is -4.88. The Morgan fingerprint density at radius 2 is 0.767 bits per heavy atom. The summed E-state index contributed by atoms with van der Waals surface area (Å²) in [6.07, 6.45) is 30.3. The maximum absolute atomic E-state index is 11.6. The molecule has 0 aliphatic rings. The summed E-state index contributed by atoms with van der Waals surface area (Å²) in [7, 11) is 0. The number of carbonyl (C=O) groups is 3. The van der Waals surface area contributed by atoms with E-state index < -0.39 is 35.7 Å². The summed E-state index contributed by atoms with van der Waals surface area (Å²) >= 11 is 0. The van der Waals surface area contributed by atoms with Gasteiger partial charge in [0.25, 0.3) is 0 Å². The van der Waals surface area contributed by atoms with Crippen molar-refractivity contribution in [1.29, 1.82) is 0 Å². The summed E-state index contributed by atoms with van der Waals surface area (Å²) in [6, 6.07) is 0. The predicted octanol–water partition coefficient (Wildman–Crippen LogP) is 9.34. The first-order valence-electron chi connectivity index (χ1n) is 17.7. The van der Waals surface area contributed by atoms with Crippen LogP contribution < -0.4 is 0 Å². The van der Waals surface area contributed by atoms with Crippen molar-refractivity contribution in [3.05, 3.63) is 12.2 Å². The summed E-state index contributed by atoms with van der Waals surface area (Å²) in [6.45, 7) is 8.38. The van der Waals surface area contributed by atoms with Crippen LogP contribution in [-0.2, 0) is 14.4 Å². The van der Waals surface area contributed by atoms with Crippen LogP contribution in [0, 0.1) is 17.8 Å². The minimum Gasteiger partial charge on any atom is -0.481 e. The quantitative estimate of drug-likeness (QED) is 0.0410. The molecule has 3 unspecified atom stereocenters. The molecule has 0 aromatic rings. The number of aliphatic carboxylic acids is 3. The first kappa shape index (κ1) is 41.1. The molecule has 7 nitrogen and oxygen atoms in total. The second-order valence-electron chi connectivity index (χ2n) is 13.4. The Balaban J connectivity index is 4.19. The lowest BCUT2D eigenvalue weighted by Gasteiger charge is -2.42. The van der Waals surface area contributed by atoms with Gasteiger partial charge in [-0.05, 0) is 40.0 Å². The number of hydrogen-bond donors (Lipinski definition) is 3. The summed E-state index contributed by atoms with van der Waals surface area (Å²) in [5.41, 5.74) is 0. The van der Waals surface area contributed by atoms with Crippen LogP contribution >= 0.6 is 0 Å². The van der Waals surface area contributed by atoms with E-state index in [0.29, 0.717) is 6.54 Å². The first-order valence-corrected chi connectivity index (χ1v) is 17.7. The zero-order chi connectivity index (χ0) is 32.3. The third-order valence-electron chi connectivity index (χ3n) is 8.89. The van der Waals surface area contributed by atoms with E-state index in [9.17, 15) is 29.7 Å². The monoisotopic (exact) mass is 611 g/mol. The SMILES string of the molecule is CCCCCCCCCCCCCCCCCCC/C=C/CCC[N+](CC(C)C(=O)O)(CC(C)C(=O)O)CC(C)C(=O)O. The summed E-state index contributed by atoms with van der Waals surface area (Å²) in [4.78, 5) is 34.9. The van der Waals surface area contributed by atoms with E-state index in [1.165, 1.54) is 109 Å². The van der Waals surface area contributed by atoms with Gasteiger partial charge >= 0.3 is 17.9 Å². The fraction of sp³-hybridized carbons (Fsp3) is 0.861. The molecule has 0 spiro atoms. The van der Waals surface area contributed by atoms with Gasteiger partial charge in [0, 0.05) is 6.42 Å². The second kappa shape index (κ2) is 26.5. The number of nitrogens with zero attached hydrogens (tertiary/aromatic N) is 1. The maximum Gasteiger partial charge on any atom is 0.311 e. The summed E-state index contributed by atoms with van der Waals surface area (Å²) < 4.78 is 0.196. The average molecular weight is 611 g/mol. The molecular formula is C36H68NO6+. The molecule has 252 valence electrons. The van der Waals surface area contributed by atoms with Crippen molar-refractivity contribution < 1.29 is 34.2 Å². The maximum atomic E-state index is 11.6. The van der Waals surface area contributed by atoms with Gasteiger partial charge in [0.05, 0.1) is 26.2 Å². The highest BCUT2D eigenvalue weighted by atomic mass is 16.4. The highest BCUT2D eigenvalue weighted by Crippen LogP contribution is 2.22. The smallest absolute Gasteiger partial charge is 0.311 e. The van der Waals surface area contributed by atoms with Gasteiger partial charge in [0.2, 0.25) is 0 Å². The Morgan fingerprint density at radius 1 is 0.488 bits per heavy atom. The largest absolute Gasteiger partial charge is 0.481 e. The van der Waals surface area contributed by atoms with Crippen LogP contribution in [0.3, 0.4) is 0 Å². The molecule has 3 N–H and O–H groups in total. The van der Waals surface area contributed by atoms with E-state index in [1.54, 1.807) is 20.8 Å². The number of carboxylic acid groups (broad SMARTS) is 3. The fourth-order valence-corrected chi connectivity index (χ4v) is 6.24. The van der Waals surface area contributed by atoms with Gasteiger partial charge in [-0.1, -0.05) is 122 Å². The average Bonchev–Trinajstić information content (AvgIpc) is 2.95. The third kappa shape index (κ3) is 23.2. The Morgan fingerprint density at radius 3 is 1.07 bits per heavy atom. The van der Waals surface area contributed by atoms with Crippen LogP contribution in [0.25, 0.3) is 0 Å². The molecule has 0 fully saturated rings. The number of carboxylic acids is 3. The van der Waals surface area contributed by atoms with Crippen molar-refractivity contribution >= 4 is 17.9 Å². The molecule has 0 saturated carbocycles. The number of unbranched alkanes of at least 4 members (excludes halogenated alkanes) is 18. The zero-order valence-corrected chi connectivity index (χ0v) is 28.4. The predicted molar refractivity (Wildman–Crippen MR) is 177 cm³/mol. The van der Waals surface area contributed by atoms with Crippen LogP contribution in [0.2, 0.25) is 0 Å². The van der Waals surface area contributed by atoms with E-state index in [2.05, 4.69) is 19.1 Å². The number of hydrogen-bond acceptors (Lipinski definition) is 3. The van der Waals surface area contributed by atoms with Crippen LogP contribution in [0.5, 0.6) is 0 Å². The molecule has 0 aliphatic heterocycles. The van der Waals surface area contributed by atoms with E-state index in [1.807, 2.05) is 0 Å². The molecule has 0 saturated heterocycles. The van der Waals surface area contributed by atoms with Gasteiger partial charge in [0.1, 0.15) is 17.8 Å². The molecule has 0 aliphatic carbocycles. The van der Waals surface area contributed by atoms with Crippen molar-refractivity contribution in [2.45, 2.75) is 156 Å². The van der Waals surface area contributed by atoms with Crippen LogP contribution in [0.4, 0.5) is 0 Å². The van der Waals surface area contributed by atoms with E-state index >= 15 is 0 Å². The van der Waals surface area contributed by atoms with Gasteiger partial charge < -0.3 is 19.8 Å². The molecule has 0 rings (SSSR count). The zero-order valence-electron chi connectivity index (χ0n) is 28.4. The van der Waals surface area contributed by atoms with E-state index in [0.717, 1.165) is 19.3 Å². The van der Waals surface area contributed by atoms with Crippen molar-refractivity contribution in [3.63, 3.8) is 0 Å². The normalized spacial score (nSPS) is 15.3. The van der Waals surface area contributed by atoms with Gasteiger partial charge in [-0.25, -0.2) is 0 Å². The minimum atomic E-state index is -0.942. The van der Waals surface area contributed by atoms with Gasteiger partial charge in [-0.3, -0.25) is 14.4 Å². The molecule has 0 heterocycles. The molecule has 0 bridgehead atoms. The fourth-order valence-electron chi connectivity index (χ4n) is 6.24. The van der Waals surface area contributed by atoms with Gasteiger partial charge in [0.15, 0.2) is 0 Å². The standard InChI is InChI=1S/C36H67NO6/c1-5-6-7-8-9-10-11-12-13-14-15-16-17-18-19-20-21-22-23-24-25-26-27-37(28-31(2)34(38)39,29-32(3)35(40)41)30-33(4)36(42)43/h23-24,31-33H,5-22,25-30H2,1-4H3,(H2-,38,39,40,41,42,43)/p+1/b24-23+. The topological polar surface area (TPSA) is 112 Å². The van der Waals surface area contributed by atoms with Crippen LogP contribution in [0.1, 0.15) is 156 Å². The lowest BCUT2D eigenvalue weighted by molar-refractivity contribution is -0.934. The van der Waals surface area contributed by atoms with Crippen molar-refractivity contribution in [3.8, 4) is 0 Å². The molecule has 0 aromatic heterocycles. The van der Waals surface area contributed by atoms with Gasteiger partial charge in [-0.2, -0.15) is 0 Å². The molecule has 0 radical (unpaired) electrons. The van der Waals surface area contributed by atoms with Gasteiger partial charge in [-0.15, -0.1) is 0 Å². The first-order chi connectivity index (χ1) is 20.5. The highest BCUT2D eigenvalue weighted by Gasteiger charge is 2.38. The number of rotatable bonds is 31. The minimum absolute atomic E-state index is 0.196. The van der Waals surface area contributed by atoms with Crippen molar-refractivity contribution in [1.82, 2.24) is 0 Å². The van der Waals surface area contributed by atoms with E-state index in [-0.39, 0.29) is 24.1 Å². The number of allylic oxidation sites excluding steroid dienone is 2. The van der Waals surface area contributed by atoms with Crippen LogP contribution in [-0.4, -0.2) is 63.9 Å². The Kier molecular flexibility index (Phi) is 25.3. The lowest BCUT2D eigenvalue weighted by Crippen LogP contribution is -2.57. The van der Waals surface area contributed by atoms with Crippen molar-refractivity contribution in [2.75, 3.05) is 26.2 Å². The molecule has 7 heteroatoms. The Labute approximate surface area is 264 Å². The van der Waals surface area contributed by atoms with Crippen molar-refractivity contribution in [2.24, 2.45) is 17.8 Å². The summed E-state index contributed by atoms with van der Waals surface area (Å²) in [5, 5.41) is 28.6. The number of quaternary nitrogens is 1. The molecular weight excluding hydrogens is 542 g/mol. The molecule has 3 atom stereocenters. The second-order valence-corrected chi connectivity index (χ2v) is 13.4. The molecule has 43 heavy (non-hydrogen) atoms. The third-order valence-corrected chi connectivity index (χ3v) is 8.89. The molecule has 0 aromatic carbocycles. The van der Waals surface area contributed by atoms with Crippen LogP contribution in [0.15, 0.2) is 12.2 Å². The highest BCUT2D eigenvalue weighted by molar-refractivity contribution is 5.70. The Bertz CT molecular complexity index is 697. The Hall–Kier alpha value is -1.89. The molecule has 0 amide bonds.